The third-order valence-corrected chi connectivity index (χ3v) is 4.82. The van der Waals surface area contributed by atoms with Crippen LogP contribution in [0, 0.1) is 11.6 Å². The van der Waals surface area contributed by atoms with Crippen molar-refractivity contribution in [3.63, 3.8) is 0 Å². The Bertz CT molecular complexity index is 579. The molecule has 3 rings (SSSR count). The van der Waals surface area contributed by atoms with Gasteiger partial charge in [0.05, 0.1) is 12.1 Å². The number of hydrogen-bond acceptors (Lipinski definition) is 3. The van der Waals surface area contributed by atoms with Gasteiger partial charge >= 0.3 is 6.03 Å². The van der Waals surface area contributed by atoms with E-state index >= 15 is 0 Å². The summed E-state index contributed by atoms with van der Waals surface area (Å²) in [6, 6.07) is 3.07. The quantitative estimate of drug-likeness (QED) is 0.791. The molecule has 5 nitrogen and oxygen atoms in total. The van der Waals surface area contributed by atoms with E-state index in [9.17, 15) is 18.7 Å². The van der Waals surface area contributed by atoms with Gasteiger partial charge in [0.25, 0.3) is 0 Å². The first kappa shape index (κ1) is 17.0. The SMILES string of the molecule is O=C(NC1CCN(c2c(F)cccc2F)C1)NC1CCCCC1O. The molecular formula is C17H23F2N3O2. The Hall–Kier alpha value is -1.89. The molecule has 1 aliphatic heterocycles. The first-order valence-electron chi connectivity index (χ1n) is 8.48. The lowest BCUT2D eigenvalue weighted by Gasteiger charge is -2.29. The summed E-state index contributed by atoms with van der Waals surface area (Å²) in [6.07, 6.45) is 3.56. The molecule has 1 aromatic rings. The first-order valence-corrected chi connectivity index (χ1v) is 8.48. The number of halogens is 2. The Morgan fingerprint density at radius 3 is 2.54 bits per heavy atom. The molecule has 3 unspecified atom stereocenters. The topological polar surface area (TPSA) is 64.6 Å². The summed E-state index contributed by atoms with van der Waals surface area (Å²) < 4.78 is 27.7. The second kappa shape index (κ2) is 7.34. The zero-order chi connectivity index (χ0) is 17.1. The number of aliphatic hydroxyl groups excluding tert-OH is 1. The number of amides is 2. The predicted octanol–water partition coefficient (Wildman–Crippen LogP) is 2.15. The Morgan fingerprint density at radius 1 is 1.12 bits per heavy atom. The van der Waals surface area contributed by atoms with E-state index in [-0.39, 0.29) is 23.8 Å². The Labute approximate surface area is 140 Å². The molecule has 0 spiro atoms. The minimum absolute atomic E-state index is 0.0371. The molecule has 1 aliphatic carbocycles. The highest BCUT2D eigenvalue weighted by Crippen LogP contribution is 2.26. The maximum atomic E-state index is 13.8. The molecular weight excluding hydrogens is 316 g/mol. The van der Waals surface area contributed by atoms with Crippen LogP contribution < -0.4 is 15.5 Å². The number of nitrogens with zero attached hydrogens (tertiary/aromatic N) is 1. The van der Waals surface area contributed by atoms with Crippen molar-refractivity contribution in [2.75, 3.05) is 18.0 Å². The lowest BCUT2D eigenvalue weighted by molar-refractivity contribution is 0.0941. The van der Waals surface area contributed by atoms with Crippen molar-refractivity contribution < 1.29 is 18.7 Å². The molecule has 7 heteroatoms. The molecule has 1 saturated heterocycles. The number of rotatable bonds is 3. The molecule has 1 saturated carbocycles. The van der Waals surface area contributed by atoms with Crippen molar-refractivity contribution in [2.45, 2.75) is 50.3 Å². The molecule has 2 aliphatic rings. The summed E-state index contributed by atoms with van der Waals surface area (Å²) in [4.78, 5) is 13.7. The normalized spacial score (nSPS) is 27.1. The number of urea groups is 1. The van der Waals surface area contributed by atoms with E-state index in [1.165, 1.54) is 18.2 Å². The monoisotopic (exact) mass is 339 g/mol. The number of aliphatic hydroxyl groups is 1. The Kier molecular flexibility index (Phi) is 5.18. The molecule has 132 valence electrons. The highest BCUT2D eigenvalue weighted by atomic mass is 19.1. The molecule has 3 N–H and O–H groups in total. The summed E-state index contributed by atoms with van der Waals surface area (Å²) in [5, 5.41) is 15.5. The lowest BCUT2D eigenvalue weighted by Crippen LogP contribution is -2.51. The van der Waals surface area contributed by atoms with Gasteiger partial charge in [-0.15, -0.1) is 0 Å². The van der Waals surface area contributed by atoms with Gasteiger partial charge in [-0.2, -0.15) is 0 Å². The second-order valence-electron chi connectivity index (χ2n) is 6.58. The minimum atomic E-state index is -0.592. The van der Waals surface area contributed by atoms with Crippen LogP contribution in [0.25, 0.3) is 0 Å². The number of benzene rings is 1. The highest BCUT2D eigenvalue weighted by molar-refractivity contribution is 5.75. The highest BCUT2D eigenvalue weighted by Gasteiger charge is 2.29. The number of hydrogen-bond donors (Lipinski definition) is 3. The van der Waals surface area contributed by atoms with Crippen LogP contribution >= 0.6 is 0 Å². The zero-order valence-electron chi connectivity index (χ0n) is 13.5. The fourth-order valence-electron chi connectivity index (χ4n) is 3.55. The van der Waals surface area contributed by atoms with Gasteiger partial charge in [0.1, 0.15) is 17.3 Å². The van der Waals surface area contributed by atoms with Crippen molar-refractivity contribution in [3.8, 4) is 0 Å². The first-order chi connectivity index (χ1) is 11.5. The van der Waals surface area contributed by atoms with Crippen LogP contribution in [0.15, 0.2) is 18.2 Å². The van der Waals surface area contributed by atoms with Crippen LogP contribution in [0.1, 0.15) is 32.1 Å². The predicted molar refractivity (Wildman–Crippen MR) is 86.9 cm³/mol. The number of nitrogens with one attached hydrogen (secondary N) is 2. The van der Waals surface area contributed by atoms with Gasteiger partial charge in [0.15, 0.2) is 0 Å². The van der Waals surface area contributed by atoms with E-state index in [1.54, 1.807) is 4.90 Å². The maximum absolute atomic E-state index is 13.8. The molecule has 0 aromatic heterocycles. The van der Waals surface area contributed by atoms with Crippen LogP contribution in [0.3, 0.4) is 0 Å². The lowest BCUT2D eigenvalue weighted by atomic mass is 9.93. The fourth-order valence-corrected chi connectivity index (χ4v) is 3.55. The van der Waals surface area contributed by atoms with E-state index in [1.807, 2.05) is 0 Å². The Morgan fingerprint density at radius 2 is 1.83 bits per heavy atom. The molecule has 24 heavy (non-hydrogen) atoms. The zero-order valence-corrected chi connectivity index (χ0v) is 13.5. The van der Waals surface area contributed by atoms with Crippen LogP contribution in [0.5, 0.6) is 0 Å². The van der Waals surface area contributed by atoms with Gasteiger partial charge in [-0.3, -0.25) is 0 Å². The van der Waals surface area contributed by atoms with Crippen molar-refractivity contribution in [3.05, 3.63) is 29.8 Å². The van der Waals surface area contributed by atoms with Crippen molar-refractivity contribution in [1.29, 1.82) is 0 Å². The fraction of sp³-hybridized carbons (Fsp3) is 0.588. The maximum Gasteiger partial charge on any atom is 0.315 e. The van der Waals surface area contributed by atoms with E-state index in [4.69, 9.17) is 0 Å². The largest absolute Gasteiger partial charge is 0.391 e. The summed E-state index contributed by atoms with van der Waals surface area (Å²) >= 11 is 0. The average Bonchev–Trinajstić information content (AvgIpc) is 2.97. The van der Waals surface area contributed by atoms with Gasteiger partial charge in [-0.1, -0.05) is 18.9 Å². The van der Waals surface area contributed by atoms with Crippen molar-refractivity contribution >= 4 is 11.7 Å². The van der Waals surface area contributed by atoms with Crippen LogP contribution in [-0.4, -0.2) is 42.4 Å². The van der Waals surface area contributed by atoms with E-state index in [0.717, 1.165) is 19.3 Å². The summed E-state index contributed by atoms with van der Waals surface area (Å²) in [5.41, 5.74) is -0.0371. The molecule has 1 aromatic carbocycles. The van der Waals surface area contributed by atoms with Gasteiger partial charge in [0, 0.05) is 19.1 Å². The summed E-state index contributed by atoms with van der Waals surface area (Å²) in [6.45, 7) is 0.841. The molecule has 2 amide bonds. The van der Waals surface area contributed by atoms with Gasteiger partial charge < -0.3 is 20.6 Å². The van der Waals surface area contributed by atoms with Crippen LogP contribution in [0.4, 0.5) is 19.3 Å². The van der Waals surface area contributed by atoms with E-state index in [0.29, 0.717) is 25.9 Å². The number of anilines is 1. The van der Waals surface area contributed by atoms with Gasteiger partial charge in [0.2, 0.25) is 0 Å². The van der Waals surface area contributed by atoms with Crippen LogP contribution in [0.2, 0.25) is 0 Å². The third kappa shape index (κ3) is 3.77. The van der Waals surface area contributed by atoms with Crippen molar-refractivity contribution in [2.24, 2.45) is 0 Å². The number of carbonyl (C=O) groups is 1. The van der Waals surface area contributed by atoms with Gasteiger partial charge in [-0.05, 0) is 31.4 Å². The minimum Gasteiger partial charge on any atom is -0.391 e. The summed E-state index contributed by atoms with van der Waals surface area (Å²) in [5.74, 6) is -1.18. The smallest absolute Gasteiger partial charge is 0.315 e. The van der Waals surface area contributed by atoms with Crippen LogP contribution in [-0.2, 0) is 0 Å². The number of para-hydroxylation sites is 1. The molecule has 0 bridgehead atoms. The molecule has 1 heterocycles. The van der Waals surface area contributed by atoms with E-state index in [2.05, 4.69) is 10.6 Å². The standard InChI is InChI=1S/C17H23F2N3O2/c18-12-4-3-5-13(19)16(12)22-9-8-11(10-22)20-17(24)21-14-6-1-2-7-15(14)23/h3-5,11,14-15,23H,1-2,6-10H2,(H2,20,21,24). The summed E-state index contributed by atoms with van der Waals surface area (Å²) in [7, 11) is 0. The third-order valence-electron chi connectivity index (χ3n) is 4.82. The Balaban J connectivity index is 1.53. The average molecular weight is 339 g/mol. The van der Waals surface area contributed by atoms with E-state index < -0.39 is 17.7 Å². The second-order valence-corrected chi connectivity index (χ2v) is 6.58. The van der Waals surface area contributed by atoms with Gasteiger partial charge in [-0.25, -0.2) is 13.6 Å². The van der Waals surface area contributed by atoms with Crippen molar-refractivity contribution in [1.82, 2.24) is 10.6 Å². The molecule has 3 atom stereocenters. The molecule has 2 fully saturated rings. The number of carbonyl (C=O) groups excluding carboxylic acids is 1. The molecule has 0 radical (unpaired) electrons.